The highest BCUT2D eigenvalue weighted by molar-refractivity contribution is 7.89. The molecule has 2 aromatic rings. The van der Waals surface area contributed by atoms with Crippen LogP contribution >= 0.6 is 0 Å². The Balaban J connectivity index is 2.11. The second-order valence-electron chi connectivity index (χ2n) is 5.75. The molecule has 0 unspecified atom stereocenters. The highest BCUT2D eigenvalue weighted by atomic mass is 32.2. The zero-order chi connectivity index (χ0) is 19.5. The number of sulfonamides is 1. The molecule has 1 aromatic carbocycles. The number of rotatable bonds is 6. The SMILES string of the molecule is CCc1ccc(CC(=O)NNS(=O)(=O)c2cn(C)c(=O)n(C)c2=O)cc1. The van der Waals surface area contributed by atoms with Gasteiger partial charge in [-0.15, -0.1) is 4.83 Å². The number of hydrogen-bond acceptors (Lipinski definition) is 5. The van der Waals surface area contributed by atoms with Crippen LogP contribution in [0.15, 0.2) is 44.9 Å². The molecule has 0 spiro atoms. The van der Waals surface area contributed by atoms with Gasteiger partial charge < -0.3 is 4.57 Å². The number of nitrogens with one attached hydrogen (secondary N) is 2. The molecule has 1 heterocycles. The number of hydrazine groups is 1. The van der Waals surface area contributed by atoms with E-state index in [9.17, 15) is 22.8 Å². The molecule has 1 aromatic heterocycles. The van der Waals surface area contributed by atoms with Crippen molar-refractivity contribution in [2.45, 2.75) is 24.7 Å². The number of carbonyl (C=O) groups excluding carboxylic acids is 1. The van der Waals surface area contributed by atoms with E-state index in [1.54, 1.807) is 12.1 Å². The molecule has 0 aliphatic rings. The molecule has 0 saturated carbocycles. The number of nitrogens with zero attached hydrogens (tertiary/aromatic N) is 2. The van der Waals surface area contributed by atoms with Crippen molar-refractivity contribution in [2.24, 2.45) is 14.1 Å². The number of aromatic nitrogens is 2. The van der Waals surface area contributed by atoms with Gasteiger partial charge in [0.25, 0.3) is 15.6 Å². The van der Waals surface area contributed by atoms with E-state index >= 15 is 0 Å². The number of carbonyl (C=O) groups is 1. The second-order valence-corrected chi connectivity index (χ2v) is 7.40. The summed E-state index contributed by atoms with van der Waals surface area (Å²) in [5.41, 5.74) is 2.27. The van der Waals surface area contributed by atoms with Crippen molar-refractivity contribution in [1.82, 2.24) is 19.4 Å². The lowest BCUT2D eigenvalue weighted by Gasteiger charge is -2.10. The predicted octanol–water partition coefficient (Wildman–Crippen LogP) is -0.801. The first-order chi connectivity index (χ1) is 12.2. The van der Waals surface area contributed by atoms with Gasteiger partial charge in [-0.3, -0.25) is 19.6 Å². The van der Waals surface area contributed by atoms with Crippen LogP contribution in [0.3, 0.4) is 0 Å². The summed E-state index contributed by atoms with van der Waals surface area (Å²) < 4.78 is 26.1. The zero-order valence-corrected chi connectivity index (χ0v) is 15.5. The predicted molar refractivity (Wildman–Crippen MR) is 94.9 cm³/mol. The van der Waals surface area contributed by atoms with Crippen LogP contribution in [0.1, 0.15) is 18.1 Å². The van der Waals surface area contributed by atoms with Gasteiger partial charge in [-0.25, -0.2) is 13.2 Å². The van der Waals surface area contributed by atoms with Crippen molar-refractivity contribution in [1.29, 1.82) is 0 Å². The molecule has 10 heteroatoms. The molecule has 0 aliphatic carbocycles. The summed E-state index contributed by atoms with van der Waals surface area (Å²) in [5, 5.41) is 0. The van der Waals surface area contributed by atoms with Crippen LogP contribution in [0.5, 0.6) is 0 Å². The van der Waals surface area contributed by atoms with E-state index in [-0.39, 0.29) is 6.42 Å². The molecular weight excluding hydrogens is 360 g/mol. The molecule has 0 atom stereocenters. The number of amides is 1. The lowest BCUT2D eigenvalue weighted by molar-refractivity contribution is -0.120. The van der Waals surface area contributed by atoms with Gasteiger partial charge in [0.15, 0.2) is 4.90 Å². The first kappa shape index (κ1) is 19.6. The van der Waals surface area contributed by atoms with E-state index in [4.69, 9.17) is 0 Å². The van der Waals surface area contributed by atoms with Crippen molar-refractivity contribution in [2.75, 3.05) is 0 Å². The van der Waals surface area contributed by atoms with Gasteiger partial charge in [-0.05, 0) is 17.5 Å². The first-order valence-electron chi connectivity index (χ1n) is 7.81. The first-order valence-corrected chi connectivity index (χ1v) is 9.29. The molecule has 140 valence electrons. The Kier molecular flexibility index (Phi) is 5.78. The Morgan fingerprint density at radius 3 is 2.23 bits per heavy atom. The Morgan fingerprint density at radius 1 is 1.08 bits per heavy atom. The monoisotopic (exact) mass is 380 g/mol. The Hall–Kier alpha value is -2.72. The van der Waals surface area contributed by atoms with Crippen molar-refractivity contribution in [3.05, 3.63) is 62.4 Å². The van der Waals surface area contributed by atoms with Crippen LogP contribution in [0.4, 0.5) is 0 Å². The number of aryl methyl sites for hydroxylation is 2. The Bertz CT molecular complexity index is 1040. The third-order valence-electron chi connectivity index (χ3n) is 3.83. The molecule has 2 N–H and O–H groups in total. The minimum atomic E-state index is -4.33. The molecule has 1 amide bonds. The molecule has 0 saturated heterocycles. The van der Waals surface area contributed by atoms with E-state index in [1.165, 1.54) is 14.1 Å². The van der Waals surface area contributed by atoms with E-state index in [0.29, 0.717) is 4.57 Å². The Labute approximate surface area is 150 Å². The van der Waals surface area contributed by atoms with Gasteiger partial charge in [0.2, 0.25) is 5.91 Å². The maximum Gasteiger partial charge on any atom is 0.330 e. The number of benzene rings is 1. The topological polar surface area (TPSA) is 119 Å². The standard InChI is InChI=1S/C16H20N4O5S/c1-4-11-5-7-12(8-6-11)9-14(21)17-18-26(24,25)13-10-19(2)16(23)20(3)15(13)22/h5-8,10,18H,4,9H2,1-3H3,(H,17,21). The normalized spacial score (nSPS) is 11.3. The molecular formula is C16H20N4O5S. The van der Waals surface area contributed by atoms with Crippen LogP contribution in [0.2, 0.25) is 0 Å². The van der Waals surface area contributed by atoms with Gasteiger partial charge >= 0.3 is 5.69 Å². The molecule has 0 fully saturated rings. The fourth-order valence-corrected chi connectivity index (χ4v) is 3.28. The van der Waals surface area contributed by atoms with Crippen molar-refractivity contribution >= 4 is 15.9 Å². The highest BCUT2D eigenvalue weighted by Gasteiger charge is 2.22. The molecule has 0 radical (unpaired) electrons. The summed E-state index contributed by atoms with van der Waals surface area (Å²) in [4.78, 5) is 36.8. The smallest absolute Gasteiger partial charge is 0.302 e. The van der Waals surface area contributed by atoms with Crippen LogP contribution < -0.4 is 21.5 Å². The van der Waals surface area contributed by atoms with E-state index < -0.39 is 32.1 Å². The number of hydrogen-bond donors (Lipinski definition) is 2. The fourth-order valence-electron chi connectivity index (χ4n) is 2.26. The summed E-state index contributed by atoms with van der Waals surface area (Å²) in [7, 11) is -1.84. The minimum absolute atomic E-state index is 0.0300. The minimum Gasteiger partial charge on any atom is -0.302 e. The van der Waals surface area contributed by atoms with Crippen molar-refractivity contribution in [3.8, 4) is 0 Å². The van der Waals surface area contributed by atoms with Gasteiger partial charge in [0, 0.05) is 20.3 Å². The fraction of sp³-hybridized carbons (Fsp3) is 0.312. The van der Waals surface area contributed by atoms with E-state index in [1.807, 2.05) is 23.9 Å². The van der Waals surface area contributed by atoms with Crippen LogP contribution in [-0.4, -0.2) is 23.5 Å². The summed E-state index contributed by atoms with van der Waals surface area (Å²) in [5.74, 6) is -0.584. The summed E-state index contributed by atoms with van der Waals surface area (Å²) in [6.45, 7) is 2.01. The highest BCUT2D eigenvalue weighted by Crippen LogP contribution is 2.05. The van der Waals surface area contributed by atoms with Crippen LogP contribution in [0.25, 0.3) is 0 Å². The molecule has 0 aliphatic heterocycles. The van der Waals surface area contributed by atoms with Crippen LogP contribution in [-0.2, 0) is 41.8 Å². The average Bonchev–Trinajstić information content (AvgIpc) is 2.62. The third kappa shape index (κ3) is 4.27. The maximum absolute atomic E-state index is 12.3. The largest absolute Gasteiger partial charge is 0.330 e. The van der Waals surface area contributed by atoms with Crippen molar-refractivity contribution < 1.29 is 13.2 Å². The van der Waals surface area contributed by atoms with Gasteiger partial charge in [0.05, 0.1) is 6.42 Å². The second kappa shape index (κ2) is 7.67. The van der Waals surface area contributed by atoms with Crippen LogP contribution in [0, 0.1) is 0 Å². The zero-order valence-electron chi connectivity index (χ0n) is 14.6. The molecule has 0 bridgehead atoms. The van der Waals surface area contributed by atoms with E-state index in [2.05, 4.69) is 5.43 Å². The summed E-state index contributed by atoms with van der Waals surface area (Å²) >= 11 is 0. The molecule has 9 nitrogen and oxygen atoms in total. The Morgan fingerprint density at radius 2 is 1.65 bits per heavy atom. The lowest BCUT2D eigenvalue weighted by atomic mass is 10.1. The summed E-state index contributed by atoms with van der Waals surface area (Å²) in [6.07, 6.45) is 1.75. The molecule has 2 rings (SSSR count). The average molecular weight is 380 g/mol. The third-order valence-corrected chi connectivity index (χ3v) is 5.06. The quantitative estimate of drug-likeness (QED) is 0.636. The van der Waals surface area contributed by atoms with Gasteiger partial charge in [-0.1, -0.05) is 31.2 Å². The maximum atomic E-state index is 12.3. The lowest BCUT2D eigenvalue weighted by Crippen LogP contribution is -2.46. The van der Waals surface area contributed by atoms with Crippen molar-refractivity contribution in [3.63, 3.8) is 0 Å². The van der Waals surface area contributed by atoms with Gasteiger partial charge in [0.1, 0.15) is 0 Å². The van der Waals surface area contributed by atoms with E-state index in [0.717, 1.165) is 28.3 Å². The van der Waals surface area contributed by atoms with Gasteiger partial charge in [-0.2, -0.15) is 0 Å². The summed E-state index contributed by atoms with van der Waals surface area (Å²) in [6, 6.07) is 7.35. The molecule has 26 heavy (non-hydrogen) atoms.